The van der Waals surface area contributed by atoms with Crippen molar-refractivity contribution in [1.29, 1.82) is 0 Å². The maximum absolute atomic E-state index is 12.8. The van der Waals surface area contributed by atoms with Gasteiger partial charge in [-0.1, -0.05) is 49.4 Å². The zero-order valence-electron chi connectivity index (χ0n) is 11.8. The van der Waals surface area contributed by atoms with Gasteiger partial charge in [-0.25, -0.2) is 0 Å². The predicted octanol–water partition coefficient (Wildman–Crippen LogP) is 3.97. The second kappa shape index (κ2) is 4.97. The van der Waals surface area contributed by atoms with Crippen molar-refractivity contribution in [3.05, 3.63) is 71.4 Å². The molecule has 0 fully saturated rings. The topological polar surface area (TPSA) is 22.0 Å². The van der Waals surface area contributed by atoms with Crippen molar-refractivity contribution in [3.63, 3.8) is 0 Å². The van der Waals surface area contributed by atoms with Gasteiger partial charge in [0.15, 0.2) is 5.78 Å². The second-order valence-corrected chi connectivity index (χ2v) is 5.01. The van der Waals surface area contributed by atoms with Crippen LogP contribution in [0.25, 0.3) is 10.9 Å². The van der Waals surface area contributed by atoms with Crippen LogP contribution in [0, 0.1) is 0 Å². The average Bonchev–Trinajstić information content (AvgIpc) is 2.84. The summed E-state index contributed by atoms with van der Waals surface area (Å²) in [6.07, 6.45) is 2.80. The van der Waals surface area contributed by atoms with Gasteiger partial charge in [0.25, 0.3) is 0 Å². The van der Waals surface area contributed by atoms with Gasteiger partial charge in [-0.3, -0.25) is 4.79 Å². The Morgan fingerprint density at radius 3 is 2.50 bits per heavy atom. The Morgan fingerprint density at radius 2 is 1.70 bits per heavy atom. The molecule has 0 spiro atoms. The minimum atomic E-state index is 0.110. The lowest BCUT2D eigenvalue weighted by Crippen LogP contribution is -2.04. The van der Waals surface area contributed by atoms with Crippen LogP contribution in [0.2, 0.25) is 0 Å². The van der Waals surface area contributed by atoms with Crippen LogP contribution >= 0.6 is 0 Å². The number of benzene rings is 2. The summed E-state index contributed by atoms with van der Waals surface area (Å²) in [6, 6.07) is 15.9. The number of aryl methyl sites for hydroxylation is 2. The molecule has 0 bridgehead atoms. The Balaban J connectivity index is 2.18. The zero-order valence-corrected chi connectivity index (χ0v) is 11.8. The van der Waals surface area contributed by atoms with Crippen LogP contribution < -0.4 is 0 Å². The fourth-order valence-corrected chi connectivity index (χ4v) is 2.72. The van der Waals surface area contributed by atoms with Crippen molar-refractivity contribution in [2.24, 2.45) is 7.05 Å². The highest BCUT2D eigenvalue weighted by molar-refractivity contribution is 6.17. The molecule has 0 aliphatic carbocycles. The molecule has 2 nitrogen and oxygen atoms in total. The predicted molar refractivity (Wildman–Crippen MR) is 82.2 cm³/mol. The van der Waals surface area contributed by atoms with Gasteiger partial charge in [0.1, 0.15) is 0 Å². The summed E-state index contributed by atoms with van der Waals surface area (Å²) in [4.78, 5) is 12.8. The summed E-state index contributed by atoms with van der Waals surface area (Å²) in [7, 11) is 1.98. The maximum Gasteiger partial charge on any atom is 0.195 e. The van der Waals surface area contributed by atoms with Crippen molar-refractivity contribution >= 4 is 16.7 Å². The molecule has 0 radical (unpaired) electrons. The molecule has 0 aliphatic rings. The van der Waals surface area contributed by atoms with E-state index in [1.165, 1.54) is 0 Å². The van der Waals surface area contributed by atoms with Crippen LogP contribution in [0.4, 0.5) is 0 Å². The third-order valence-electron chi connectivity index (χ3n) is 3.78. The number of fused-ring (bicyclic) bond motifs is 1. The van der Waals surface area contributed by atoms with E-state index in [2.05, 4.69) is 6.92 Å². The minimum Gasteiger partial charge on any atom is -0.350 e. The molecule has 2 heteroatoms. The molecular formula is C18H17NO. The van der Waals surface area contributed by atoms with E-state index in [9.17, 15) is 4.79 Å². The number of para-hydroxylation sites is 1. The van der Waals surface area contributed by atoms with E-state index in [1.54, 1.807) is 0 Å². The summed E-state index contributed by atoms with van der Waals surface area (Å²) >= 11 is 0. The van der Waals surface area contributed by atoms with E-state index in [-0.39, 0.29) is 5.78 Å². The molecule has 0 N–H and O–H groups in total. The quantitative estimate of drug-likeness (QED) is 0.655. The third-order valence-corrected chi connectivity index (χ3v) is 3.78. The molecule has 0 saturated heterocycles. The van der Waals surface area contributed by atoms with Crippen LogP contribution in [-0.2, 0) is 13.5 Å². The normalized spacial score (nSPS) is 10.9. The van der Waals surface area contributed by atoms with Gasteiger partial charge in [0.05, 0.1) is 0 Å². The molecule has 0 amide bonds. The van der Waals surface area contributed by atoms with Gasteiger partial charge in [-0.15, -0.1) is 0 Å². The summed E-state index contributed by atoms with van der Waals surface area (Å²) < 4.78 is 2.01. The minimum absolute atomic E-state index is 0.110. The SMILES string of the molecule is CCc1ccccc1C(=O)c1cn(C)c2ccccc12. The van der Waals surface area contributed by atoms with Crippen molar-refractivity contribution in [2.45, 2.75) is 13.3 Å². The molecule has 1 aromatic heterocycles. The molecule has 2 aromatic carbocycles. The van der Waals surface area contributed by atoms with Crippen LogP contribution in [-0.4, -0.2) is 10.4 Å². The highest BCUT2D eigenvalue weighted by atomic mass is 16.1. The van der Waals surface area contributed by atoms with Gasteiger partial charge in [0, 0.05) is 35.3 Å². The molecule has 1 heterocycles. The van der Waals surface area contributed by atoms with Gasteiger partial charge in [-0.2, -0.15) is 0 Å². The number of carbonyl (C=O) groups excluding carboxylic acids is 1. The monoisotopic (exact) mass is 263 g/mol. The lowest BCUT2D eigenvalue weighted by Gasteiger charge is -2.05. The first-order valence-electron chi connectivity index (χ1n) is 6.89. The molecule has 0 atom stereocenters. The Morgan fingerprint density at radius 1 is 1.00 bits per heavy atom. The first-order valence-corrected chi connectivity index (χ1v) is 6.89. The van der Waals surface area contributed by atoms with E-state index in [0.29, 0.717) is 0 Å². The number of aromatic nitrogens is 1. The molecule has 0 aliphatic heterocycles. The van der Waals surface area contributed by atoms with Crippen molar-refractivity contribution in [1.82, 2.24) is 4.57 Å². The zero-order chi connectivity index (χ0) is 14.1. The number of ketones is 1. The van der Waals surface area contributed by atoms with E-state index in [1.807, 2.05) is 66.3 Å². The fourth-order valence-electron chi connectivity index (χ4n) is 2.72. The van der Waals surface area contributed by atoms with Gasteiger partial charge >= 0.3 is 0 Å². The molecule has 3 aromatic rings. The molecular weight excluding hydrogens is 246 g/mol. The molecule has 0 saturated carbocycles. The second-order valence-electron chi connectivity index (χ2n) is 5.01. The number of hydrogen-bond acceptors (Lipinski definition) is 1. The van der Waals surface area contributed by atoms with Crippen LogP contribution in [0.3, 0.4) is 0 Å². The van der Waals surface area contributed by atoms with Crippen molar-refractivity contribution < 1.29 is 4.79 Å². The summed E-state index contributed by atoms with van der Waals surface area (Å²) in [6.45, 7) is 2.08. The number of hydrogen-bond donors (Lipinski definition) is 0. The summed E-state index contributed by atoms with van der Waals surface area (Å²) in [5.74, 6) is 0.110. The van der Waals surface area contributed by atoms with E-state index < -0.39 is 0 Å². The largest absolute Gasteiger partial charge is 0.350 e. The van der Waals surface area contributed by atoms with Crippen LogP contribution in [0.5, 0.6) is 0 Å². The molecule has 20 heavy (non-hydrogen) atoms. The Kier molecular flexibility index (Phi) is 3.15. The number of nitrogens with zero attached hydrogens (tertiary/aromatic N) is 1. The van der Waals surface area contributed by atoms with Crippen LogP contribution in [0.15, 0.2) is 54.7 Å². The van der Waals surface area contributed by atoms with Crippen LogP contribution in [0.1, 0.15) is 28.4 Å². The van der Waals surface area contributed by atoms with Gasteiger partial charge in [0.2, 0.25) is 0 Å². The van der Waals surface area contributed by atoms with Gasteiger partial charge < -0.3 is 4.57 Å². The highest BCUT2D eigenvalue weighted by Gasteiger charge is 2.17. The summed E-state index contributed by atoms with van der Waals surface area (Å²) in [5, 5.41) is 1.02. The average molecular weight is 263 g/mol. The smallest absolute Gasteiger partial charge is 0.195 e. The first-order chi connectivity index (χ1) is 9.72. The Hall–Kier alpha value is -2.35. The molecule has 0 unspecified atom stereocenters. The standard InChI is InChI=1S/C18H17NO/c1-3-13-8-4-5-9-14(13)18(20)16-12-19(2)17-11-7-6-10-15(16)17/h4-12H,3H2,1-2H3. The third kappa shape index (κ3) is 1.94. The lowest BCUT2D eigenvalue weighted by atomic mass is 9.97. The van der Waals surface area contributed by atoms with Gasteiger partial charge in [-0.05, 0) is 18.1 Å². The summed E-state index contributed by atoms with van der Waals surface area (Å²) in [5.41, 5.74) is 3.78. The van der Waals surface area contributed by atoms with E-state index in [0.717, 1.165) is 34.0 Å². The number of rotatable bonds is 3. The Labute approximate surface area is 118 Å². The van der Waals surface area contributed by atoms with Crippen molar-refractivity contribution in [3.8, 4) is 0 Å². The first kappa shape index (κ1) is 12.7. The fraction of sp³-hybridized carbons (Fsp3) is 0.167. The molecule has 3 rings (SSSR count). The van der Waals surface area contributed by atoms with Crippen molar-refractivity contribution in [2.75, 3.05) is 0 Å². The van der Waals surface area contributed by atoms with E-state index >= 15 is 0 Å². The molecule has 100 valence electrons. The number of carbonyl (C=O) groups is 1. The lowest BCUT2D eigenvalue weighted by molar-refractivity contribution is 0.103. The highest BCUT2D eigenvalue weighted by Crippen LogP contribution is 2.24. The maximum atomic E-state index is 12.8. The Bertz CT molecular complexity index is 783. The van der Waals surface area contributed by atoms with E-state index in [4.69, 9.17) is 0 Å².